The second-order valence-corrected chi connectivity index (χ2v) is 6.61. The van der Waals surface area contributed by atoms with Crippen molar-refractivity contribution in [3.8, 4) is 0 Å². The summed E-state index contributed by atoms with van der Waals surface area (Å²) in [7, 11) is 2.04. The lowest BCUT2D eigenvalue weighted by molar-refractivity contribution is 0.661. The highest BCUT2D eigenvalue weighted by molar-refractivity contribution is 7.99. The molecular weight excluding hydrogens is 258 g/mol. The summed E-state index contributed by atoms with van der Waals surface area (Å²) in [4.78, 5) is 2.77. The number of thioether (sulfide) groups is 1. The highest BCUT2D eigenvalue weighted by Gasteiger charge is 2.12. The molecule has 18 heavy (non-hydrogen) atoms. The van der Waals surface area contributed by atoms with Gasteiger partial charge in [-0.3, -0.25) is 0 Å². The number of hydrogen-bond donors (Lipinski definition) is 1. The molecule has 0 aliphatic carbocycles. The van der Waals surface area contributed by atoms with Gasteiger partial charge in [0.05, 0.1) is 0 Å². The summed E-state index contributed by atoms with van der Waals surface area (Å²) >= 11 is 3.74. The van der Waals surface area contributed by atoms with E-state index in [1.54, 1.807) is 0 Å². The second-order valence-electron chi connectivity index (χ2n) is 4.40. The molecule has 3 heteroatoms. The van der Waals surface area contributed by atoms with Crippen LogP contribution in [0.15, 0.2) is 40.6 Å². The van der Waals surface area contributed by atoms with Crippen LogP contribution < -0.4 is 5.32 Å². The van der Waals surface area contributed by atoms with Gasteiger partial charge >= 0.3 is 0 Å². The Morgan fingerprint density at radius 2 is 2.11 bits per heavy atom. The molecule has 1 nitrogen and oxygen atoms in total. The van der Waals surface area contributed by atoms with Gasteiger partial charge in [0.25, 0.3) is 0 Å². The number of benzene rings is 1. The lowest BCUT2D eigenvalue weighted by atomic mass is 10.1. The first-order valence-corrected chi connectivity index (χ1v) is 7.98. The molecule has 2 aromatic rings. The number of aryl methyl sites for hydroxylation is 2. The quantitative estimate of drug-likeness (QED) is 0.812. The van der Waals surface area contributed by atoms with Crippen molar-refractivity contribution in [1.29, 1.82) is 0 Å². The van der Waals surface area contributed by atoms with Crippen molar-refractivity contribution in [3.63, 3.8) is 0 Å². The van der Waals surface area contributed by atoms with E-state index in [2.05, 4.69) is 54.9 Å². The first-order chi connectivity index (χ1) is 8.70. The number of rotatable bonds is 5. The molecule has 0 saturated heterocycles. The molecule has 1 unspecified atom stereocenters. The zero-order valence-electron chi connectivity index (χ0n) is 11.1. The van der Waals surface area contributed by atoms with Gasteiger partial charge in [0, 0.05) is 21.6 Å². The van der Waals surface area contributed by atoms with Crippen LogP contribution in [-0.4, -0.2) is 12.8 Å². The predicted molar refractivity (Wildman–Crippen MR) is 82.8 cm³/mol. The fourth-order valence-corrected chi connectivity index (χ4v) is 3.88. The van der Waals surface area contributed by atoms with E-state index >= 15 is 0 Å². The minimum Gasteiger partial charge on any atom is -0.312 e. The van der Waals surface area contributed by atoms with Crippen LogP contribution in [0.3, 0.4) is 0 Å². The minimum absolute atomic E-state index is 0.432. The third-order valence-corrected chi connectivity index (χ3v) is 4.98. The van der Waals surface area contributed by atoms with E-state index in [1.807, 2.05) is 30.1 Å². The molecule has 0 fully saturated rings. The van der Waals surface area contributed by atoms with Gasteiger partial charge in [-0.15, -0.1) is 23.1 Å². The summed E-state index contributed by atoms with van der Waals surface area (Å²) in [5.41, 5.74) is 2.76. The Morgan fingerprint density at radius 1 is 1.28 bits per heavy atom. The number of nitrogens with one attached hydrogen (secondary N) is 1. The van der Waals surface area contributed by atoms with Crippen molar-refractivity contribution in [2.24, 2.45) is 0 Å². The second kappa shape index (κ2) is 6.41. The van der Waals surface area contributed by atoms with Crippen LogP contribution >= 0.6 is 23.1 Å². The van der Waals surface area contributed by atoms with E-state index in [4.69, 9.17) is 0 Å². The molecule has 1 N–H and O–H groups in total. The third kappa shape index (κ3) is 3.37. The molecular formula is C15H19NS2. The van der Waals surface area contributed by atoms with Crippen LogP contribution in [0, 0.1) is 13.8 Å². The Hall–Kier alpha value is -0.770. The van der Waals surface area contributed by atoms with E-state index in [0.717, 1.165) is 5.75 Å². The van der Waals surface area contributed by atoms with Gasteiger partial charge in [0.15, 0.2) is 0 Å². The standard InChI is InChI=1S/C15H19NS2/c1-11-5-4-6-13(9-11)18-10-15(16-3)14-7-8-17-12(14)2/h4-9,15-16H,10H2,1-3H3. The zero-order valence-corrected chi connectivity index (χ0v) is 12.7. The maximum absolute atomic E-state index is 3.42. The van der Waals surface area contributed by atoms with Gasteiger partial charge in [-0.25, -0.2) is 0 Å². The number of thiophene rings is 1. The first-order valence-electron chi connectivity index (χ1n) is 6.11. The Balaban J connectivity index is 2.02. The number of hydrogen-bond acceptors (Lipinski definition) is 3. The molecule has 0 amide bonds. The molecule has 1 aromatic heterocycles. The summed E-state index contributed by atoms with van der Waals surface area (Å²) in [6, 6.07) is 11.4. The largest absolute Gasteiger partial charge is 0.312 e. The fourth-order valence-electron chi connectivity index (χ4n) is 1.97. The highest BCUT2D eigenvalue weighted by Crippen LogP contribution is 2.28. The summed E-state index contributed by atoms with van der Waals surface area (Å²) in [6.45, 7) is 4.34. The topological polar surface area (TPSA) is 12.0 Å². The average Bonchev–Trinajstić information content (AvgIpc) is 2.77. The summed E-state index contributed by atoms with van der Waals surface area (Å²) in [5.74, 6) is 1.07. The smallest absolute Gasteiger partial charge is 0.0423 e. The molecule has 0 spiro atoms. The predicted octanol–water partition coefficient (Wildman–Crippen LogP) is 4.42. The van der Waals surface area contributed by atoms with E-state index in [-0.39, 0.29) is 0 Å². The minimum atomic E-state index is 0.432. The van der Waals surface area contributed by atoms with E-state index in [9.17, 15) is 0 Å². The van der Waals surface area contributed by atoms with Gasteiger partial charge in [0.1, 0.15) is 0 Å². The van der Waals surface area contributed by atoms with Gasteiger partial charge in [-0.2, -0.15) is 0 Å². The summed E-state index contributed by atoms with van der Waals surface area (Å²) < 4.78 is 0. The van der Waals surface area contributed by atoms with E-state index in [0.29, 0.717) is 6.04 Å². The van der Waals surface area contributed by atoms with Gasteiger partial charge in [-0.1, -0.05) is 17.7 Å². The van der Waals surface area contributed by atoms with Crippen molar-refractivity contribution < 1.29 is 0 Å². The SMILES string of the molecule is CNC(CSc1cccc(C)c1)c1ccsc1C. The van der Waals surface area contributed by atoms with Crippen LogP contribution in [0.25, 0.3) is 0 Å². The average molecular weight is 277 g/mol. The van der Waals surface area contributed by atoms with Crippen LogP contribution in [0.2, 0.25) is 0 Å². The van der Waals surface area contributed by atoms with Crippen LogP contribution in [0.5, 0.6) is 0 Å². The van der Waals surface area contributed by atoms with Crippen molar-refractivity contribution in [3.05, 3.63) is 51.7 Å². The third-order valence-electron chi connectivity index (χ3n) is 3.03. The molecule has 0 radical (unpaired) electrons. The molecule has 1 atom stereocenters. The Bertz CT molecular complexity index is 505. The van der Waals surface area contributed by atoms with E-state index in [1.165, 1.54) is 20.9 Å². The molecule has 0 aliphatic rings. The molecule has 1 aromatic carbocycles. The molecule has 0 aliphatic heterocycles. The monoisotopic (exact) mass is 277 g/mol. The summed E-state index contributed by atoms with van der Waals surface area (Å²) in [6.07, 6.45) is 0. The maximum atomic E-state index is 3.42. The lowest BCUT2D eigenvalue weighted by Crippen LogP contribution is -2.18. The maximum Gasteiger partial charge on any atom is 0.0423 e. The van der Waals surface area contributed by atoms with Crippen molar-refractivity contribution in [2.45, 2.75) is 24.8 Å². The van der Waals surface area contributed by atoms with Crippen LogP contribution in [0.1, 0.15) is 22.0 Å². The Morgan fingerprint density at radius 3 is 2.72 bits per heavy atom. The van der Waals surface area contributed by atoms with Gasteiger partial charge in [0.2, 0.25) is 0 Å². The molecule has 2 rings (SSSR count). The lowest BCUT2D eigenvalue weighted by Gasteiger charge is -2.16. The van der Waals surface area contributed by atoms with Gasteiger partial charge < -0.3 is 5.32 Å². The van der Waals surface area contributed by atoms with Crippen molar-refractivity contribution in [2.75, 3.05) is 12.8 Å². The van der Waals surface area contributed by atoms with E-state index < -0.39 is 0 Å². The Kier molecular flexibility index (Phi) is 4.87. The van der Waals surface area contributed by atoms with Gasteiger partial charge in [-0.05, 0) is 50.0 Å². The molecule has 1 heterocycles. The molecule has 0 saturated carbocycles. The first kappa shape index (κ1) is 13.7. The van der Waals surface area contributed by atoms with Crippen molar-refractivity contribution >= 4 is 23.1 Å². The van der Waals surface area contributed by atoms with Crippen molar-refractivity contribution in [1.82, 2.24) is 5.32 Å². The summed E-state index contributed by atoms with van der Waals surface area (Å²) in [5, 5.41) is 5.59. The van der Waals surface area contributed by atoms with Crippen LogP contribution in [-0.2, 0) is 0 Å². The molecule has 0 bridgehead atoms. The zero-order chi connectivity index (χ0) is 13.0. The normalized spacial score (nSPS) is 12.6. The highest BCUT2D eigenvalue weighted by atomic mass is 32.2. The molecule has 96 valence electrons. The fraction of sp³-hybridized carbons (Fsp3) is 0.333. The Labute approximate surface area is 118 Å². The van der Waals surface area contributed by atoms with Crippen LogP contribution in [0.4, 0.5) is 0 Å².